The summed E-state index contributed by atoms with van der Waals surface area (Å²) < 4.78 is 20.1. The lowest BCUT2D eigenvalue weighted by Crippen LogP contribution is -2.17. The number of rotatable bonds is 4. The van der Waals surface area contributed by atoms with Crippen molar-refractivity contribution >= 4 is 18.8 Å². The van der Waals surface area contributed by atoms with Gasteiger partial charge < -0.3 is 4.74 Å². The molecule has 1 rings (SSSR count). The van der Waals surface area contributed by atoms with E-state index >= 15 is 0 Å². The zero-order valence-electron chi connectivity index (χ0n) is 8.24. The summed E-state index contributed by atoms with van der Waals surface area (Å²) >= 11 is 3.89. The van der Waals surface area contributed by atoms with Crippen molar-refractivity contribution in [1.82, 2.24) is 4.72 Å². The van der Waals surface area contributed by atoms with Crippen LogP contribution in [0.15, 0.2) is 24.3 Å². The van der Waals surface area contributed by atoms with Crippen molar-refractivity contribution in [3.8, 4) is 0 Å². The highest BCUT2D eigenvalue weighted by Crippen LogP contribution is 2.18. The Balaban J connectivity index is 2.78. The summed E-state index contributed by atoms with van der Waals surface area (Å²) in [5.41, 5.74) is 0.662. The highest BCUT2D eigenvalue weighted by atomic mass is 32.1. The predicted octanol–water partition coefficient (Wildman–Crippen LogP) is 1.86. The molecular formula is C10H12FNO2S. The quantitative estimate of drug-likeness (QED) is 0.611. The molecule has 0 fully saturated rings. The number of ether oxygens (including phenoxy) is 1. The maximum absolute atomic E-state index is 12.9. The number of hydrogen-bond acceptors (Lipinski definition) is 4. The topological polar surface area (TPSA) is 38.3 Å². The second-order valence-electron chi connectivity index (χ2n) is 3.02. The average molecular weight is 229 g/mol. The van der Waals surface area contributed by atoms with Crippen LogP contribution in [-0.4, -0.2) is 13.1 Å². The summed E-state index contributed by atoms with van der Waals surface area (Å²) in [6.45, 7) is 0. The minimum absolute atomic E-state index is 0.115. The van der Waals surface area contributed by atoms with Gasteiger partial charge in [-0.25, -0.2) is 4.39 Å². The van der Waals surface area contributed by atoms with Crippen LogP contribution in [0, 0.1) is 5.82 Å². The summed E-state index contributed by atoms with van der Waals surface area (Å²) in [4.78, 5) is 11.0. The number of esters is 1. The molecule has 0 heterocycles. The number of methoxy groups -OCH3 is 1. The molecule has 0 saturated heterocycles. The molecule has 0 aliphatic heterocycles. The molecule has 1 N–H and O–H groups in total. The number of thiol groups is 1. The second kappa shape index (κ2) is 5.72. The van der Waals surface area contributed by atoms with Crippen LogP contribution in [0.5, 0.6) is 0 Å². The van der Waals surface area contributed by atoms with Crippen molar-refractivity contribution in [2.75, 3.05) is 7.11 Å². The molecule has 5 heteroatoms. The highest BCUT2D eigenvalue weighted by Gasteiger charge is 2.15. The fourth-order valence-corrected chi connectivity index (χ4v) is 1.45. The summed E-state index contributed by atoms with van der Waals surface area (Å²) in [5.74, 6) is -0.711. The van der Waals surface area contributed by atoms with Crippen LogP contribution in [0.4, 0.5) is 4.39 Å². The molecule has 0 radical (unpaired) electrons. The molecule has 0 amide bonds. The van der Waals surface area contributed by atoms with Gasteiger partial charge in [-0.1, -0.05) is 24.9 Å². The minimum atomic E-state index is -0.370. The van der Waals surface area contributed by atoms with Gasteiger partial charge in [0.05, 0.1) is 19.6 Å². The molecule has 3 nitrogen and oxygen atoms in total. The number of halogens is 1. The molecular weight excluding hydrogens is 217 g/mol. The van der Waals surface area contributed by atoms with Gasteiger partial charge in [0.25, 0.3) is 0 Å². The predicted molar refractivity (Wildman–Crippen MR) is 57.9 cm³/mol. The first-order valence-electron chi connectivity index (χ1n) is 4.39. The third-order valence-electron chi connectivity index (χ3n) is 2.01. The van der Waals surface area contributed by atoms with Crippen molar-refractivity contribution in [1.29, 1.82) is 0 Å². The van der Waals surface area contributed by atoms with Crippen molar-refractivity contribution in [3.05, 3.63) is 35.6 Å². The molecule has 0 aliphatic carbocycles. The van der Waals surface area contributed by atoms with E-state index in [-0.39, 0.29) is 24.2 Å². The lowest BCUT2D eigenvalue weighted by Gasteiger charge is -2.14. The summed E-state index contributed by atoms with van der Waals surface area (Å²) in [6.07, 6.45) is 0.115. The van der Waals surface area contributed by atoms with E-state index in [1.165, 1.54) is 19.2 Å². The van der Waals surface area contributed by atoms with Gasteiger partial charge in [-0.05, 0) is 17.7 Å². The fourth-order valence-electron chi connectivity index (χ4n) is 1.21. The van der Waals surface area contributed by atoms with Crippen molar-refractivity contribution < 1.29 is 13.9 Å². The molecule has 0 aliphatic rings. The van der Waals surface area contributed by atoms with Gasteiger partial charge in [-0.15, -0.1) is 0 Å². The number of carbonyl (C=O) groups excluding carboxylic acids is 1. The van der Waals surface area contributed by atoms with Crippen molar-refractivity contribution in [3.63, 3.8) is 0 Å². The largest absolute Gasteiger partial charge is 0.469 e. The molecule has 15 heavy (non-hydrogen) atoms. The van der Waals surface area contributed by atoms with E-state index in [2.05, 4.69) is 22.3 Å². The standard InChI is InChI=1S/C10H12FNO2S/c1-14-10(13)6-9(12-15)7-3-2-4-8(11)5-7/h2-5,9,12,15H,6H2,1H3/t9-/m0/s1. The first kappa shape index (κ1) is 12.0. The van der Waals surface area contributed by atoms with Crippen LogP contribution >= 0.6 is 12.8 Å². The molecule has 1 aromatic carbocycles. The van der Waals surface area contributed by atoms with Gasteiger partial charge in [-0.2, -0.15) is 0 Å². The van der Waals surface area contributed by atoms with Crippen LogP contribution in [0.2, 0.25) is 0 Å². The number of benzene rings is 1. The lowest BCUT2D eigenvalue weighted by atomic mass is 10.0. The Kier molecular flexibility index (Phi) is 4.58. The smallest absolute Gasteiger partial charge is 0.307 e. The van der Waals surface area contributed by atoms with E-state index in [1.807, 2.05) is 0 Å². The Bertz CT molecular complexity index is 346. The maximum Gasteiger partial charge on any atom is 0.307 e. The summed E-state index contributed by atoms with van der Waals surface area (Å²) in [7, 11) is 1.31. The third kappa shape index (κ3) is 3.53. The Morgan fingerprint density at radius 3 is 2.93 bits per heavy atom. The number of carbonyl (C=O) groups is 1. The number of nitrogens with one attached hydrogen (secondary N) is 1. The zero-order chi connectivity index (χ0) is 11.3. The van der Waals surface area contributed by atoms with E-state index in [1.54, 1.807) is 12.1 Å². The minimum Gasteiger partial charge on any atom is -0.469 e. The van der Waals surface area contributed by atoms with Gasteiger partial charge in [0.15, 0.2) is 0 Å². The summed E-state index contributed by atoms with van der Waals surface area (Å²) in [6, 6.07) is 5.66. The Hall–Kier alpha value is -1.07. The Morgan fingerprint density at radius 2 is 2.40 bits per heavy atom. The van der Waals surface area contributed by atoms with E-state index in [4.69, 9.17) is 0 Å². The number of hydrogen-bond donors (Lipinski definition) is 2. The van der Waals surface area contributed by atoms with Crippen LogP contribution in [0.25, 0.3) is 0 Å². The van der Waals surface area contributed by atoms with Crippen molar-refractivity contribution in [2.24, 2.45) is 0 Å². The molecule has 82 valence electrons. The molecule has 1 aromatic rings. The lowest BCUT2D eigenvalue weighted by molar-refractivity contribution is -0.141. The van der Waals surface area contributed by atoms with Gasteiger partial charge in [-0.3, -0.25) is 9.52 Å². The van der Waals surface area contributed by atoms with Crippen LogP contribution in [-0.2, 0) is 9.53 Å². The average Bonchev–Trinajstić information content (AvgIpc) is 2.25. The van der Waals surface area contributed by atoms with Crippen LogP contribution < -0.4 is 4.72 Å². The fraction of sp³-hybridized carbons (Fsp3) is 0.300. The molecule has 1 atom stereocenters. The normalized spacial score (nSPS) is 12.2. The van der Waals surface area contributed by atoms with Gasteiger partial charge in [0.2, 0.25) is 0 Å². The Morgan fingerprint density at radius 1 is 1.67 bits per heavy atom. The first-order valence-corrected chi connectivity index (χ1v) is 4.84. The van der Waals surface area contributed by atoms with E-state index in [0.717, 1.165) is 0 Å². The van der Waals surface area contributed by atoms with E-state index < -0.39 is 0 Å². The molecule has 0 unspecified atom stereocenters. The van der Waals surface area contributed by atoms with Crippen molar-refractivity contribution in [2.45, 2.75) is 12.5 Å². The highest BCUT2D eigenvalue weighted by molar-refractivity contribution is 7.78. The summed E-state index contributed by atoms with van der Waals surface area (Å²) in [5, 5.41) is 0. The van der Waals surface area contributed by atoms with Crippen LogP contribution in [0.1, 0.15) is 18.0 Å². The molecule has 0 spiro atoms. The molecule has 0 aromatic heterocycles. The Labute approximate surface area is 93.2 Å². The van der Waals surface area contributed by atoms with E-state index in [9.17, 15) is 9.18 Å². The molecule has 0 saturated carbocycles. The maximum atomic E-state index is 12.9. The van der Waals surface area contributed by atoms with Gasteiger partial charge in [0, 0.05) is 0 Å². The SMILES string of the molecule is COC(=O)C[C@H](NS)c1cccc(F)c1. The third-order valence-corrected chi connectivity index (χ3v) is 2.32. The second-order valence-corrected chi connectivity index (χ2v) is 3.28. The van der Waals surface area contributed by atoms with Gasteiger partial charge >= 0.3 is 5.97 Å². The van der Waals surface area contributed by atoms with E-state index in [0.29, 0.717) is 5.56 Å². The molecule has 0 bridgehead atoms. The van der Waals surface area contributed by atoms with Gasteiger partial charge in [0.1, 0.15) is 5.82 Å². The van der Waals surface area contributed by atoms with Crippen LogP contribution in [0.3, 0.4) is 0 Å². The zero-order valence-corrected chi connectivity index (χ0v) is 9.13. The monoisotopic (exact) mass is 229 g/mol. The first-order chi connectivity index (χ1) is 7.17.